The first-order valence-electron chi connectivity index (χ1n) is 7.24. The minimum Gasteiger partial charge on any atom is -0.484 e. The Morgan fingerprint density at radius 3 is 2.83 bits per heavy atom. The van der Waals surface area contributed by atoms with E-state index in [0.29, 0.717) is 17.0 Å². The molecule has 0 radical (unpaired) electrons. The highest BCUT2D eigenvalue weighted by molar-refractivity contribution is 5.92. The molecule has 0 saturated heterocycles. The van der Waals surface area contributed by atoms with Crippen molar-refractivity contribution in [2.45, 2.75) is 6.92 Å². The summed E-state index contributed by atoms with van der Waals surface area (Å²) in [6, 6.07) is 12.0. The zero-order valence-corrected chi connectivity index (χ0v) is 12.8. The number of fused-ring (bicyclic) bond motifs is 1. The highest BCUT2D eigenvalue weighted by atomic mass is 19.1. The summed E-state index contributed by atoms with van der Waals surface area (Å²) in [6.45, 7) is 1.56. The molecule has 0 unspecified atom stereocenters. The Balaban J connectivity index is 1.69. The molecule has 3 rings (SSSR count). The summed E-state index contributed by atoms with van der Waals surface area (Å²) in [4.78, 5) is 23.2. The highest BCUT2D eigenvalue weighted by Crippen LogP contribution is 2.22. The van der Waals surface area contributed by atoms with Crippen molar-refractivity contribution in [3.8, 4) is 5.75 Å². The number of halogens is 1. The van der Waals surface area contributed by atoms with Crippen LogP contribution in [0.3, 0.4) is 0 Å². The van der Waals surface area contributed by atoms with E-state index in [2.05, 4.69) is 5.32 Å². The van der Waals surface area contributed by atoms with E-state index in [1.165, 1.54) is 24.3 Å². The van der Waals surface area contributed by atoms with E-state index in [1.807, 2.05) is 6.92 Å². The summed E-state index contributed by atoms with van der Waals surface area (Å²) in [6.07, 6.45) is 0. The molecule has 2 aromatic carbocycles. The Morgan fingerprint density at radius 1 is 1.21 bits per heavy atom. The fourth-order valence-corrected chi connectivity index (χ4v) is 2.31. The molecule has 1 N–H and O–H groups in total. The van der Waals surface area contributed by atoms with Crippen LogP contribution in [0.1, 0.15) is 5.56 Å². The standard InChI is InChI=1S/C18H14FNO4/c1-11-7-18(22)24-16-9-14(5-6-15(11)16)23-10-17(21)20-13-4-2-3-12(19)8-13/h2-9H,10H2,1H3,(H,20,21). The van der Waals surface area contributed by atoms with Crippen LogP contribution < -0.4 is 15.7 Å². The Morgan fingerprint density at radius 2 is 2.04 bits per heavy atom. The Kier molecular flexibility index (Phi) is 4.29. The van der Waals surface area contributed by atoms with E-state index in [-0.39, 0.29) is 6.61 Å². The first kappa shape index (κ1) is 15.7. The van der Waals surface area contributed by atoms with Crippen molar-refractivity contribution in [2.75, 3.05) is 11.9 Å². The summed E-state index contributed by atoms with van der Waals surface area (Å²) < 4.78 is 23.6. The minimum atomic E-state index is -0.444. The van der Waals surface area contributed by atoms with Crippen LogP contribution in [0.15, 0.2) is 57.7 Å². The van der Waals surface area contributed by atoms with Crippen molar-refractivity contribution in [3.05, 3.63) is 70.3 Å². The van der Waals surface area contributed by atoms with Crippen LogP contribution in [-0.2, 0) is 4.79 Å². The van der Waals surface area contributed by atoms with E-state index < -0.39 is 17.3 Å². The zero-order chi connectivity index (χ0) is 17.1. The SMILES string of the molecule is Cc1cc(=O)oc2cc(OCC(=O)Nc3cccc(F)c3)ccc12. The normalized spacial score (nSPS) is 10.6. The molecule has 24 heavy (non-hydrogen) atoms. The van der Waals surface area contributed by atoms with Crippen molar-refractivity contribution in [2.24, 2.45) is 0 Å². The van der Waals surface area contributed by atoms with Crippen LogP contribution in [0.4, 0.5) is 10.1 Å². The van der Waals surface area contributed by atoms with Crippen molar-refractivity contribution in [3.63, 3.8) is 0 Å². The number of anilines is 1. The highest BCUT2D eigenvalue weighted by Gasteiger charge is 2.07. The fraction of sp³-hybridized carbons (Fsp3) is 0.111. The largest absolute Gasteiger partial charge is 0.484 e. The van der Waals surface area contributed by atoms with Gasteiger partial charge in [0.25, 0.3) is 5.91 Å². The predicted molar refractivity (Wildman–Crippen MR) is 87.7 cm³/mol. The molecule has 122 valence electrons. The number of nitrogens with one attached hydrogen (secondary N) is 1. The van der Waals surface area contributed by atoms with E-state index >= 15 is 0 Å². The van der Waals surface area contributed by atoms with Gasteiger partial charge in [-0.3, -0.25) is 4.79 Å². The van der Waals surface area contributed by atoms with Gasteiger partial charge in [0, 0.05) is 23.2 Å². The maximum atomic E-state index is 13.1. The molecular weight excluding hydrogens is 313 g/mol. The number of ether oxygens (including phenoxy) is 1. The number of aryl methyl sites for hydroxylation is 1. The molecule has 5 nitrogen and oxygen atoms in total. The molecule has 3 aromatic rings. The maximum Gasteiger partial charge on any atom is 0.336 e. The van der Waals surface area contributed by atoms with Crippen LogP contribution in [0.5, 0.6) is 5.75 Å². The van der Waals surface area contributed by atoms with E-state index in [9.17, 15) is 14.0 Å². The van der Waals surface area contributed by atoms with Gasteiger partial charge in [-0.15, -0.1) is 0 Å². The topological polar surface area (TPSA) is 68.5 Å². The molecule has 0 fully saturated rings. The average molecular weight is 327 g/mol. The third-order valence-electron chi connectivity index (χ3n) is 3.40. The van der Waals surface area contributed by atoms with Crippen LogP contribution in [0.25, 0.3) is 11.0 Å². The minimum absolute atomic E-state index is 0.252. The van der Waals surface area contributed by atoms with Crippen LogP contribution in [0.2, 0.25) is 0 Å². The monoisotopic (exact) mass is 327 g/mol. The van der Waals surface area contributed by atoms with Gasteiger partial charge in [-0.25, -0.2) is 9.18 Å². The van der Waals surface area contributed by atoms with Crippen molar-refractivity contribution in [1.29, 1.82) is 0 Å². The third-order valence-corrected chi connectivity index (χ3v) is 3.40. The average Bonchev–Trinajstić information content (AvgIpc) is 2.52. The number of amides is 1. The quantitative estimate of drug-likeness (QED) is 0.747. The molecular formula is C18H14FNO4. The van der Waals surface area contributed by atoms with Gasteiger partial charge >= 0.3 is 5.63 Å². The summed E-state index contributed by atoms with van der Waals surface area (Å²) in [5.74, 6) is -0.467. The molecule has 6 heteroatoms. The first-order chi connectivity index (χ1) is 11.5. The second kappa shape index (κ2) is 6.54. The lowest BCUT2D eigenvalue weighted by Gasteiger charge is -2.08. The lowest BCUT2D eigenvalue weighted by molar-refractivity contribution is -0.118. The molecule has 0 saturated carbocycles. The van der Waals surface area contributed by atoms with Gasteiger partial charge in [0.1, 0.15) is 17.1 Å². The summed E-state index contributed by atoms with van der Waals surface area (Å²) in [5, 5.41) is 3.33. The van der Waals surface area contributed by atoms with Crippen molar-refractivity contribution < 1.29 is 18.3 Å². The van der Waals surface area contributed by atoms with E-state index in [4.69, 9.17) is 9.15 Å². The molecule has 1 aromatic heterocycles. The number of benzene rings is 2. The summed E-state index contributed by atoms with van der Waals surface area (Å²) >= 11 is 0. The Bertz CT molecular complexity index is 965. The van der Waals surface area contributed by atoms with Gasteiger partial charge in [-0.05, 0) is 42.8 Å². The number of carbonyl (C=O) groups is 1. The van der Waals surface area contributed by atoms with Crippen LogP contribution >= 0.6 is 0 Å². The van der Waals surface area contributed by atoms with Crippen LogP contribution in [-0.4, -0.2) is 12.5 Å². The van der Waals surface area contributed by atoms with Gasteiger partial charge < -0.3 is 14.5 Å². The van der Waals surface area contributed by atoms with Gasteiger partial charge in [0.15, 0.2) is 6.61 Å². The molecule has 1 amide bonds. The van der Waals surface area contributed by atoms with E-state index in [0.717, 1.165) is 10.9 Å². The number of carbonyl (C=O) groups excluding carboxylic acids is 1. The lowest BCUT2D eigenvalue weighted by Crippen LogP contribution is -2.20. The zero-order valence-electron chi connectivity index (χ0n) is 12.8. The molecule has 0 spiro atoms. The van der Waals surface area contributed by atoms with Gasteiger partial charge in [-0.2, -0.15) is 0 Å². The predicted octanol–water partition coefficient (Wildman–Crippen LogP) is 3.26. The van der Waals surface area contributed by atoms with Crippen LogP contribution in [0, 0.1) is 12.7 Å². The number of rotatable bonds is 4. The summed E-state index contributed by atoms with van der Waals surface area (Å²) in [7, 11) is 0. The smallest absolute Gasteiger partial charge is 0.336 e. The lowest BCUT2D eigenvalue weighted by atomic mass is 10.1. The number of hydrogen-bond acceptors (Lipinski definition) is 4. The van der Waals surface area contributed by atoms with Crippen molar-refractivity contribution in [1.82, 2.24) is 0 Å². The molecule has 1 heterocycles. The molecule has 0 aliphatic carbocycles. The van der Waals surface area contributed by atoms with Crippen molar-refractivity contribution >= 4 is 22.6 Å². The van der Waals surface area contributed by atoms with Gasteiger partial charge in [-0.1, -0.05) is 6.07 Å². The second-order valence-corrected chi connectivity index (χ2v) is 5.25. The maximum absolute atomic E-state index is 13.1. The summed E-state index contributed by atoms with van der Waals surface area (Å²) in [5.41, 5.74) is 1.10. The van der Waals surface area contributed by atoms with Gasteiger partial charge in [0.05, 0.1) is 0 Å². The fourth-order valence-electron chi connectivity index (χ4n) is 2.31. The Labute approximate surface area is 136 Å². The third kappa shape index (κ3) is 3.60. The molecule has 0 bridgehead atoms. The molecule has 0 aliphatic rings. The molecule has 0 atom stereocenters. The Hall–Kier alpha value is -3.15. The van der Waals surface area contributed by atoms with E-state index in [1.54, 1.807) is 24.3 Å². The molecule has 0 aliphatic heterocycles. The first-order valence-corrected chi connectivity index (χ1v) is 7.24. The van der Waals surface area contributed by atoms with Gasteiger partial charge in [0.2, 0.25) is 0 Å². The second-order valence-electron chi connectivity index (χ2n) is 5.25. The number of hydrogen-bond donors (Lipinski definition) is 1.